The van der Waals surface area contributed by atoms with Crippen molar-refractivity contribution >= 4 is 10.9 Å². The van der Waals surface area contributed by atoms with Crippen molar-refractivity contribution in [3.05, 3.63) is 42.1 Å². The topological polar surface area (TPSA) is 28.2 Å². The van der Waals surface area contributed by atoms with Crippen LogP contribution in [0.5, 0.6) is 0 Å². The summed E-state index contributed by atoms with van der Waals surface area (Å²) in [6.45, 7) is 4.43. The number of hydrogen-bond donors (Lipinski definition) is 1. The van der Waals surface area contributed by atoms with Gasteiger partial charge in [-0.25, -0.2) is 0 Å². The zero-order chi connectivity index (χ0) is 14.7. The van der Waals surface area contributed by atoms with Crippen LogP contribution in [-0.2, 0) is 6.54 Å². The van der Waals surface area contributed by atoms with Crippen molar-refractivity contribution < 1.29 is 0 Å². The molecule has 2 heterocycles. The van der Waals surface area contributed by atoms with Crippen LogP contribution >= 0.6 is 0 Å². The van der Waals surface area contributed by atoms with Gasteiger partial charge < -0.3 is 5.32 Å². The second-order valence-electron chi connectivity index (χ2n) is 6.11. The molecule has 1 aliphatic rings. The minimum Gasteiger partial charge on any atom is -0.316 e. The van der Waals surface area contributed by atoms with Crippen LogP contribution in [0.25, 0.3) is 10.9 Å². The van der Waals surface area contributed by atoms with Gasteiger partial charge in [0.1, 0.15) is 0 Å². The molecule has 1 fully saturated rings. The first kappa shape index (κ1) is 14.5. The van der Waals surface area contributed by atoms with Crippen molar-refractivity contribution in [2.45, 2.75) is 44.8 Å². The highest BCUT2D eigenvalue weighted by molar-refractivity contribution is 5.78. The summed E-state index contributed by atoms with van der Waals surface area (Å²) in [6.07, 6.45) is 3.94. The number of para-hydroxylation sites is 1. The first-order chi connectivity index (χ1) is 10.3. The van der Waals surface area contributed by atoms with Crippen LogP contribution in [0.3, 0.4) is 0 Å². The second-order valence-corrected chi connectivity index (χ2v) is 6.11. The number of piperidine rings is 1. The molecule has 0 aliphatic carbocycles. The lowest BCUT2D eigenvalue weighted by molar-refractivity contribution is 0.113. The molecule has 2 aromatic rings. The number of pyridine rings is 1. The SMILES string of the molecule is CNC(C)C1CCCCN1Cc1ccc2ccccc2n1. The Morgan fingerprint density at radius 3 is 2.95 bits per heavy atom. The molecule has 1 N–H and O–H groups in total. The summed E-state index contributed by atoms with van der Waals surface area (Å²) in [4.78, 5) is 7.43. The molecular formula is C18H25N3. The fourth-order valence-corrected chi connectivity index (χ4v) is 3.38. The van der Waals surface area contributed by atoms with Crippen molar-refractivity contribution in [3.8, 4) is 0 Å². The van der Waals surface area contributed by atoms with E-state index < -0.39 is 0 Å². The van der Waals surface area contributed by atoms with Gasteiger partial charge in [-0.2, -0.15) is 0 Å². The summed E-state index contributed by atoms with van der Waals surface area (Å²) in [7, 11) is 2.06. The zero-order valence-electron chi connectivity index (χ0n) is 13.0. The third-order valence-electron chi connectivity index (χ3n) is 4.72. The third kappa shape index (κ3) is 3.25. The summed E-state index contributed by atoms with van der Waals surface area (Å²) in [5, 5.41) is 4.64. The molecule has 2 unspecified atom stereocenters. The first-order valence-corrected chi connectivity index (χ1v) is 8.04. The van der Waals surface area contributed by atoms with Crippen LogP contribution < -0.4 is 5.32 Å². The minimum absolute atomic E-state index is 0.533. The average Bonchev–Trinajstić information content (AvgIpc) is 2.54. The number of rotatable bonds is 4. The third-order valence-corrected chi connectivity index (χ3v) is 4.72. The molecule has 3 nitrogen and oxygen atoms in total. The molecule has 1 aromatic carbocycles. The number of benzene rings is 1. The first-order valence-electron chi connectivity index (χ1n) is 8.04. The van der Waals surface area contributed by atoms with E-state index in [4.69, 9.17) is 4.98 Å². The van der Waals surface area contributed by atoms with Crippen LogP contribution in [-0.4, -0.2) is 35.6 Å². The van der Waals surface area contributed by atoms with E-state index in [2.05, 4.69) is 60.6 Å². The number of fused-ring (bicyclic) bond motifs is 1. The fourth-order valence-electron chi connectivity index (χ4n) is 3.38. The highest BCUT2D eigenvalue weighted by Gasteiger charge is 2.26. The Bertz CT molecular complexity index is 596. The van der Waals surface area contributed by atoms with Gasteiger partial charge in [-0.15, -0.1) is 0 Å². The number of nitrogens with one attached hydrogen (secondary N) is 1. The standard InChI is InChI=1S/C18H25N3/c1-14(19-2)18-9-5-6-12-21(18)13-16-11-10-15-7-3-4-8-17(15)20-16/h3-4,7-8,10-11,14,18-19H,5-6,9,12-13H2,1-2H3. The van der Waals surface area contributed by atoms with Gasteiger partial charge in [0, 0.05) is 24.0 Å². The maximum atomic E-state index is 4.83. The highest BCUT2D eigenvalue weighted by Crippen LogP contribution is 2.22. The summed E-state index contributed by atoms with van der Waals surface area (Å²) in [6, 6.07) is 13.9. The Morgan fingerprint density at radius 2 is 2.10 bits per heavy atom. The van der Waals surface area contributed by atoms with Gasteiger partial charge in [0.2, 0.25) is 0 Å². The van der Waals surface area contributed by atoms with Crippen molar-refractivity contribution in [2.75, 3.05) is 13.6 Å². The van der Waals surface area contributed by atoms with Gasteiger partial charge in [-0.3, -0.25) is 9.88 Å². The van der Waals surface area contributed by atoms with E-state index in [1.54, 1.807) is 0 Å². The van der Waals surface area contributed by atoms with Crippen molar-refractivity contribution in [3.63, 3.8) is 0 Å². The number of likely N-dealkylation sites (N-methyl/N-ethyl adjacent to an activating group) is 1. The van der Waals surface area contributed by atoms with Gasteiger partial charge in [-0.1, -0.05) is 30.7 Å². The second kappa shape index (κ2) is 6.54. The number of aromatic nitrogens is 1. The monoisotopic (exact) mass is 283 g/mol. The zero-order valence-corrected chi connectivity index (χ0v) is 13.0. The van der Waals surface area contributed by atoms with E-state index in [-0.39, 0.29) is 0 Å². The maximum Gasteiger partial charge on any atom is 0.0705 e. The predicted octanol–water partition coefficient (Wildman–Crippen LogP) is 3.20. The highest BCUT2D eigenvalue weighted by atomic mass is 15.2. The molecule has 1 aliphatic heterocycles. The predicted molar refractivity (Wildman–Crippen MR) is 88.3 cm³/mol. The molecule has 0 bridgehead atoms. The molecule has 1 aromatic heterocycles. The molecule has 112 valence electrons. The Hall–Kier alpha value is -1.45. The molecule has 2 atom stereocenters. The average molecular weight is 283 g/mol. The molecule has 0 spiro atoms. The largest absolute Gasteiger partial charge is 0.316 e. The Kier molecular flexibility index (Phi) is 4.51. The number of hydrogen-bond acceptors (Lipinski definition) is 3. The molecule has 0 saturated carbocycles. The van der Waals surface area contributed by atoms with Gasteiger partial charge in [0.05, 0.1) is 11.2 Å². The van der Waals surface area contributed by atoms with Gasteiger partial charge >= 0.3 is 0 Å². The molecule has 0 radical (unpaired) electrons. The molecule has 1 saturated heterocycles. The molecular weight excluding hydrogens is 258 g/mol. The summed E-state index contributed by atoms with van der Waals surface area (Å²) < 4.78 is 0. The van der Waals surface area contributed by atoms with Crippen LogP contribution in [0.1, 0.15) is 31.9 Å². The molecule has 3 rings (SSSR count). The van der Waals surface area contributed by atoms with E-state index >= 15 is 0 Å². The van der Waals surface area contributed by atoms with E-state index in [0.29, 0.717) is 12.1 Å². The summed E-state index contributed by atoms with van der Waals surface area (Å²) in [5.74, 6) is 0. The lowest BCUT2D eigenvalue weighted by Gasteiger charge is -2.39. The lowest BCUT2D eigenvalue weighted by Crippen LogP contribution is -2.49. The van der Waals surface area contributed by atoms with Crippen molar-refractivity contribution in [1.29, 1.82) is 0 Å². The summed E-state index contributed by atoms with van der Waals surface area (Å²) in [5.41, 5.74) is 2.29. The molecule has 21 heavy (non-hydrogen) atoms. The van der Waals surface area contributed by atoms with Crippen LogP contribution in [0, 0.1) is 0 Å². The Labute approximate surface area is 127 Å². The molecule has 0 amide bonds. The van der Waals surface area contributed by atoms with Crippen molar-refractivity contribution in [1.82, 2.24) is 15.2 Å². The van der Waals surface area contributed by atoms with Gasteiger partial charge in [0.15, 0.2) is 0 Å². The Balaban J connectivity index is 1.79. The van der Waals surface area contributed by atoms with E-state index in [1.807, 2.05) is 0 Å². The minimum atomic E-state index is 0.533. The normalized spacial score (nSPS) is 21.5. The van der Waals surface area contributed by atoms with E-state index in [0.717, 1.165) is 12.1 Å². The smallest absolute Gasteiger partial charge is 0.0705 e. The molecule has 3 heteroatoms. The number of likely N-dealkylation sites (tertiary alicyclic amines) is 1. The number of nitrogens with zero attached hydrogens (tertiary/aromatic N) is 2. The summed E-state index contributed by atoms with van der Waals surface area (Å²) >= 11 is 0. The fraction of sp³-hybridized carbons (Fsp3) is 0.500. The lowest BCUT2D eigenvalue weighted by atomic mass is 9.96. The maximum absolute atomic E-state index is 4.83. The quantitative estimate of drug-likeness (QED) is 0.934. The van der Waals surface area contributed by atoms with E-state index in [9.17, 15) is 0 Å². The van der Waals surface area contributed by atoms with Gasteiger partial charge in [0.25, 0.3) is 0 Å². The van der Waals surface area contributed by atoms with Crippen LogP contribution in [0.2, 0.25) is 0 Å². The van der Waals surface area contributed by atoms with Crippen LogP contribution in [0.15, 0.2) is 36.4 Å². The van der Waals surface area contributed by atoms with Crippen LogP contribution in [0.4, 0.5) is 0 Å². The Morgan fingerprint density at radius 1 is 1.24 bits per heavy atom. The van der Waals surface area contributed by atoms with Crippen molar-refractivity contribution in [2.24, 2.45) is 0 Å². The van der Waals surface area contributed by atoms with E-state index in [1.165, 1.54) is 36.9 Å². The van der Waals surface area contributed by atoms with Gasteiger partial charge in [-0.05, 0) is 45.5 Å².